The fraction of sp³-hybridized carbons (Fsp3) is 0.286. The number of methoxy groups -OCH3 is 1. The van der Waals surface area contributed by atoms with Gasteiger partial charge in [-0.2, -0.15) is 0 Å². The van der Waals surface area contributed by atoms with Crippen LogP contribution in [-0.2, 0) is 14.3 Å². The Kier molecular flexibility index (Phi) is 7.11. The van der Waals surface area contributed by atoms with Gasteiger partial charge in [-0.3, -0.25) is 14.4 Å². The molecule has 0 bridgehead atoms. The molecule has 0 fully saturated rings. The average molecular weight is 368 g/mol. The standard InChI is InChI=1S/C21H24N2O4/c1-14-9-15(2)11-17(10-14)21(26)22-13-19(24)23-18(12-20(25)27-3)16-7-5-4-6-8-16/h4-11,18H,12-13H2,1-3H3,(H,22,26)(H,23,24). The van der Waals surface area contributed by atoms with Crippen LogP contribution in [0.15, 0.2) is 48.5 Å². The molecule has 0 aliphatic heterocycles. The highest BCUT2D eigenvalue weighted by molar-refractivity contribution is 5.96. The van der Waals surface area contributed by atoms with Gasteiger partial charge in [0.2, 0.25) is 5.91 Å². The molecule has 2 rings (SSSR count). The number of esters is 1. The summed E-state index contributed by atoms with van der Waals surface area (Å²) in [6.45, 7) is 3.64. The molecular weight excluding hydrogens is 344 g/mol. The molecule has 6 heteroatoms. The highest BCUT2D eigenvalue weighted by atomic mass is 16.5. The van der Waals surface area contributed by atoms with Crippen molar-refractivity contribution in [3.8, 4) is 0 Å². The lowest BCUT2D eigenvalue weighted by Crippen LogP contribution is -2.39. The van der Waals surface area contributed by atoms with E-state index in [0.717, 1.165) is 16.7 Å². The van der Waals surface area contributed by atoms with Crippen molar-refractivity contribution in [3.63, 3.8) is 0 Å². The van der Waals surface area contributed by atoms with E-state index >= 15 is 0 Å². The second-order valence-corrected chi connectivity index (χ2v) is 6.37. The van der Waals surface area contributed by atoms with Crippen LogP contribution in [0.3, 0.4) is 0 Å². The van der Waals surface area contributed by atoms with E-state index in [1.807, 2.05) is 50.2 Å². The first kappa shape index (κ1) is 20.2. The van der Waals surface area contributed by atoms with Crippen molar-refractivity contribution < 1.29 is 19.1 Å². The summed E-state index contributed by atoms with van der Waals surface area (Å²) in [6.07, 6.45) is 0.0112. The van der Waals surface area contributed by atoms with Gasteiger partial charge >= 0.3 is 5.97 Å². The minimum absolute atomic E-state index is 0.0112. The number of nitrogens with one attached hydrogen (secondary N) is 2. The summed E-state index contributed by atoms with van der Waals surface area (Å²) in [6, 6.07) is 14.1. The van der Waals surface area contributed by atoms with Crippen molar-refractivity contribution in [1.29, 1.82) is 0 Å². The number of hydrogen-bond donors (Lipinski definition) is 2. The van der Waals surface area contributed by atoms with E-state index in [-0.39, 0.29) is 24.8 Å². The molecule has 2 N–H and O–H groups in total. The maximum absolute atomic E-state index is 12.3. The number of benzene rings is 2. The first-order valence-corrected chi connectivity index (χ1v) is 8.66. The Morgan fingerprint density at radius 1 is 1.00 bits per heavy atom. The van der Waals surface area contributed by atoms with Crippen LogP contribution in [0.2, 0.25) is 0 Å². The molecule has 2 amide bonds. The summed E-state index contributed by atoms with van der Waals surface area (Å²) in [5.74, 6) is -1.13. The first-order valence-electron chi connectivity index (χ1n) is 8.66. The Morgan fingerprint density at radius 3 is 2.22 bits per heavy atom. The Bertz CT molecular complexity index is 798. The summed E-state index contributed by atoms with van der Waals surface area (Å²) < 4.78 is 4.70. The van der Waals surface area contributed by atoms with Gasteiger partial charge in [0, 0.05) is 5.56 Å². The summed E-state index contributed by atoms with van der Waals surface area (Å²) in [5.41, 5.74) is 3.25. The molecule has 0 saturated carbocycles. The molecule has 0 radical (unpaired) electrons. The molecule has 2 aromatic carbocycles. The van der Waals surface area contributed by atoms with Crippen molar-refractivity contribution in [2.45, 2.75) is 26.3 Å². The Morgan fingerprint density at radius 2 is 1.63 bits per heavy atom. The van der Waals surface area contributed by atoms with Crippen molar-refractivity contribution in [1.82, 2.24) is 10.6 Å². The Labute approximate surface area is 158 Å². The fourth-order valence-electron chi connectivity index (χ4n) is 2.80. The zero-order chi connectivity index (χ0) is 19.8. The number of ether oxygens (including phenoxy) is 1. The Balaban J connectivity index is 1.98. The monoisotopic (exact) mass is 368 g/mol. The second-order valence-electron chi connectivity index (χ2n) is 6.37. The highest BCUT2D eigenvalue weighted by Crippen LogP contribution is 2.17. The van der Waals surface area contributed by atoms with Gasteiger partial charge in [0.25, 0.3) is 5.91 Å². The molecule has 0 spiro atoms. The number of carbonyl (C=O) groups is 3. The van der Waals surface area contributed by atoms with E-state index in [4.69, 9.17) is 4.74 Å². The molecule has 142 valence electrons. The molecule has 0 aliphatic rings. The molecule has 2 aromatic rings. The maximum atomic E-state index is 12.3. The van der Waals surface area contributed by atoms with Crippen LogP contribution in [0.4, 0.5) is 0 Å². The van der Waals surface area contributed by atoms with Gasteiger partial charge in [0.05, 0.1) is 26.1 Å². The van der Waals surface area contributed by atoms with Gasteiger partial charge in [0.1, 0.15) is 0 Å². The predicted molar refractivity (Wildman–Crippen MR) is 102 cm³/mol. The van der Waals surface area contributed by atoms with E-state index in [9.17, 15) is 14.4 Å². The number of carbonyl (C=O) groups excluding carboxylic acids is 3. The number of amides is 2. The van der Waals surface area contributed by atoms with Gasteiger partial charge < -0.3 is 15.4 Å². The third-order valence-corrected chi connectivity index (χ3v) is 4.03. The van der Waals surface area contributed by atoms with Crippen molar-refractivity contribution in [3.05, 3.63) is 70.8 Å². The van der Waals surface area contributed by atoms with E-state index in [2.05, 4.69) is 10.6 Å². The van der Waals surface area contributed by atoms with E-state index < -0.39 is 12.0 Å². The molecule has 0 aliphatic carbocycles. The van der Waals surface area contributed by atoms with Gasteiger partial charge in [-0.05, 0) is 31.5 Å². The summed E-state index contributed by atoms with van der Waals surface area (Å²) in [5, 5.41) is 5.38. The normalized spacial score (nSPS) is 11.4. The quantitative estimate of drug-likeness (QED) is 0.735. The van der Waals surface area contributed by atoms with Crippen LogP contribution in [-0.4, -0.2) is 31.4 Å². The second kappa shape index (κ2) is 9.52. The molecule has 0 aromatic heterocycles. The van der Waals surface area contributed by atoms with Crippen LogP contribution in [0.25, 0.3) is 0 Å². The molecule has 6 nitrogen and oxygen atoms in total. The topological polar surface area (TPSA) is 84.5 Å². The van der Waals surface area contributed by atoms with E-state index in [1.54, 1.807) is 12.1 Å². The van der Waals surface area contributed by atoms with Crippen molar-refractivity contribution in [2.75, 3.05) is 13.7 Å². The summed E-state index contributed by atoms with van der Waals surface area (Å²) in [4.78, 5) is 36.2. The van der Waals surface area contributed by atoms with E-state index in [0.29, 0.717) is 5.56 Å². The molecule has 0 saturated heterocycles. The van der Waals surface area contributed by atoms with E-state index in [1.165, 1.54) is 7.11 Å². The van der Waals surface area contributed by atoms with Gasteiger partial charge in [0.15, 0.2) is 0 Å². The predicted octanol–water partition coefficient (Wildman–Crippen LogP) is 2.45. The minimum atomic E-state index is -0.524. The first-order chi connectivity index (χ1) is 12.9. The highest BCUT2D eigenvalue weighted by Gasteiger charge is 2.19. The number of hydrogen-bond acceptors (Lipinski definition) is 4. The smallest absolute Gasteiger partial charge is 0.307 e. The minimum Gasteiger partial charge on any atom is -0.469 e. The maximum Gasteiger partial charge on any atom is 0.307 e. The van der Waals surface area contributed by atoms with Crippen LogP contribution in [0.1, 0.15) is 39.5 Å². The largest absolute Gasteiger partial charge is 0.469 e. The third-order valence-electron chi connectivity index (χ3n) is 4.03. The van der Waals surface area contributed by atoms with Crippen molar-refractivity contribution >= 4 is 17.8 Å². The van der Waals surface area contributed by atoms with Gasteiger partial charge in [-0.1, -0.05) is 47.5 Å². The van der Waals surface area contributed by atoms with Crippen LogP contribution in [0, 0.1) is 13.8 Å². The number of rotatable bonds is 7. The zero-order valence-electron chi connectivity index (χ0n) is 15.7. The molecule has 0 heterocycles. The lowest BCUT2D eigenvalue weighted by Gasteiger charge is -2.18. The Hall–Kier alpha value is -3.15. The molecule has 1 atom stereocenters. The van der Waals surface area contributed by atoms with Gasteiger partial charge in [-0.25, -0.2) is 0 Å². The molecule has 1 unspecified atom stereocenters. The van der Waals surface area contributed by atoms with Crippen molar-refractivity contribution in [2.24, 2.45) is 0 Å². The fourth-order valence-corrected chi connectivity index (χ4v) is 2.80. The van der Waals surface area contributed by atoms with Crippen LogP contribution >= 0.6 is 0 Å². The van der Waals surface area contributed by atoms with Crippen LogP contribution < -0.4 is 10.6 Å². The molecule has 27 heavy (non-hydrogen) atoms. The SMILES string of the molecule is COC(=O)CC(NC(=O)CNC(=O)c1cc(C)cc(C)c1)c1ccccc1. The van der Waals surface area contributed by atoms with Crippen LogP contribution in [0.5, 0.6) is 0 Å². The summed E-state index contributed by atoms with van der Waals surface area (Å²) in [7, 11) is 1.30. The lowest BCUT2D eigenvalue weighted by molar-refractivity contribution is -0.141. The molecular formula is C21H24N2O4. The summed E-state index contributed by atoms with van der Waals surface area (Å²) >= 11 is 0. The lowest BCUT2D eigenvalue weighted by atomic mass is 10.0. The zero-order valence-corrected chi connectivity index (χ0v) is 15.7. The number of aryl methyl sites for hydroxylation is 2. The average Bonchev–Trinajstić information content (AvgIpc) is 2.65. The third kappa shape index (κ3) is 6.26. The van der Waals surface area contributed by atoms with Gasteiger partial charge in [-0.15, -0.1) is 0 Å².